The van der Waals surface area contributed by atoms with Crippen LogP contribution in [0, 0.1) is 6.92 Å². The van der Waals surface area contributed by atoms with E-state index in [9.17, 15) is 4.79 Å². The second-order valence-electron chi connectivity index (χ2n) is 3.46. The predicted molar refractivity (Wildman–Crippen MR) is 57.3 cm³/mol. The highest BCUT2D eigenvalue weighted by Crippen LogP contribution is 2.04. The molecule has 0 aliphatic heterocycles. The van der Waals surface area contributed by atoms with Gasteiger partial charge >= 0.3 is 5.97 Å². The van der Waals surface area contributed by atoms with E-state index in [1.165, 1.54) is 4.80 Å². The van der Waals surface area contributed by atoms with Crippen LogP contribution in [-0.4, -0.2) is 26.1 Å². The van der Waals surface area contributed by atoms with Gasteiger partial charge in [0.15, 0.2) is 5.69 Å². The SMILES string of the molecule is Cc1nn(Cc2ccccc2)nc1C(=O)O. The van der Waals surface area contributed by atoms with Crippen molar-refractivity contribution in [2.24, 2.45) is 0 Å². The van der Waals surface area contributed by atoms with Crippen molar-refractivity contribution in [1.82, 2.24) is 15.0 Å². The van der Waals surface area contributed by atoms with Crippen LogP contribution < -0.4 is 0 Å². The molecule has 1 N–H and O–H groups in total. The lowest BCUT2D eigenvalue weighted by Gasteiger charge is -1.98. The monoisotopic (exact) mass is 217 g/mol. The van der Waals surface area contributed by atoms with Crippen molar-refractivity contribution >= 4 is 5.97 Å². The molecule has 82 valence electrons. The first-order valence-corrected chi connectivity index (χ1v) is 4.86. The minimum Gasteiger partial charge on any atom is -0.476 e. The lowest BCUT2D eigenvalue weighted by Crippen LogP contribution is -2.05. The Hall–Kier alpha value is -2.17. The van der Waals surface area contributed by atoms with E-state index in [-0.39, 0.29) is 5.69 Å². The molecule has 0 saturated carbocycles. The minimum absolute atomic E-state index is 0.0101. The van der Waals surface area contributed by atoms with Crippen LogP contribution >= 0.6 is 0 Å². The average Bonchev–Trinajstić information content (AvgIpc) is 2.61. The molecule has 1 heterocycles. The van der Waals surface area contributed by atoms with Crippen molar-refractivity contribution in [2.45, 2.75) is 13.5 Å². The summed E-state index contributed by atoms with van der Waals surface area (Å²) in [4.78, 5) is 12.2. The zero-order chi connectivity index (χ0) is 11.5. The second kappa shape index (κ2) is 4.14. The Morgan fingerprint density at radius 3 is 2.56 bits per heavy atom. The van der Waals surface area contributed by atoms with Gasteiger partial charge in [0, 0.05) is 0 Å². The molecule has 5 nitrogen and oxygen atoms in total. The molecule has 0 atom stereocenters. The molecule has 0 amide bonds. The summed E-state index contributed by atoms with van der Waals surface area (Å²) in [5.74, 6) is -1.04. The Labute approximate surface area is 92.3 Å². The number of aryl methyl sites for hydroxylation is 1. The summed E-state index contributed by atoms with van der Waals surface area (Å²) >= 11 is 0. The lowest BCUT2D eigenvalue weighted by molar-refractivity contribution is 0.0688. The molecule has 0 fully saturated rings. The first-order chi connectivity index (χ1) is 7.66. The first-order valence-electron chi connectivity index (χ1n) is 4.86. The zero-order valence-corrected chi connectivity index (χ0v) is 8.79. The summed E-state index contributed by atoms with van der Waals surface area (Å²) in [5.41, 5.74) is 1.48. The van der Waals surface area contributed by atoms with Gasteiger partial charge in [-0.25, -0.2) is 4.79 Å². The highest BCUT2D eigenvalue weighted by molar-refractivity contribution is 5.86. The normalized spacial score (nSPS) is 10.3. The quantitative estimate of drug-likeness (QED) is 0.842. The predicted octanol–water partition coefficient (Wildman–Crippen LogP) is 1.33. The highest BCUT2D eigenvalue weighted by atomic mass is 16.4. The van der Waals surface area contributed by atoms with Gasteiger partial charge in [0.2, 0.25) is 0 Å². The van der Waals surface area contributed by atoms with Crippen LogP contribution in [-0.2, 0) is 6.54 Å². The first kappa shape index (κ1) is 10.4. The topological polar surface area (TPSA) is 68.0 Å². The number of benzene rings is 1. The van der Waals surface area contributed by atoms with Crippen LogP contribution in [0.2, 0.25) is 0 Å². The summed E-state index contributed by atoms with van der Waals surface area (Å²) in [5, 5.41) is 16.8. The fourth-order valence-corrected chi connectivity index (χ4v) is 1.45. The summed E-state index contributed by atoms with van der Waals surface area (Å²) < 4.78 is 0. The number of carboxylic acid groups (broad SMARTS) is 1. The minimum atomic E-state index is -1.04. The number of carboxylic acids is 1. The maximum absolute atomic E-state index is 10.8. The van der Waals surface area contributed by atoms with Gasteiger partial charge in [0.1, 0.15) is 0 Å². The van der Waals surface area contributed by atoms with Crippen molar-refractivity contribution in [3.8, 4) is 0 Å². The van der Waals surface area contributed by atoms with Crippen molar-refractivity contribution < 1.29 is 9.90 Å². The van der Waals surface area contributed by atoms with Crippen molar-refractivity contribution in [2.75, 3.05) is 0 Å². The van der Waals surface area contributed by atoms with E-state index in [1.54, 1.807) is 6.92 Å². The molecular formula is C11H11N3O2. The van der Waals surface area contributed by atoms with Crippen LogP contribution in [0.5, 0.6) is 0 Å². The summed E-state index contributed by atoms with van der Waals surface area (Å²) in [6.45, 7) is 2.12. The number of hydrogen-bond donors (Lipinski definition) is 1. The second-order valence-corrected chi connectivity index (χ2v) is 3.46. The van der Waals surface area contributed by atoms with Crippen LogP contribution in [0.3, 0.4) is 0 Å². The van der Waals surface area contributed by atoms with Gasteiger partial charge in [-0.15, -0.1) is 5.10 Å². The molecule has 0 saturated heterocycles. The fourth-order valence-electron chi connectivity index (χ4n) is 1.45. The third kappa shape index (κ3) is 2.08. The zero-order valence-electron chi connectivity index (χ0n) is 8.79. The van der Waals surface area contributed by atoms with Gasteiger partial charge in [0.25, 0.3) is 0 Å². The Morgan fingerprint density at radius 1 is 1.31 bits per heavy atom. The highest BCUT2D eigenvalue weighted by Gasteiger charge is 2.13. The van der Waals surface area contributed by atoms with Crippen LogP contribution in [0.1, 0.15) is 21.7 Å². The molecule has 0 spiro atoms. The molecule has 1 aromatic heterocycles. The lowest BCUT2D eigenvalue weighted by atomic mass is 10.2. The largest absolute Gasteiger partial charge is 0.476 e. The van der Waals surface area contributed by atoms with E-state index in [2.05, 4.69) is 10.2 Å². The summed E-state index contributed by atoms with van der Waals surface area (Å²) in [7, 11) is 0. The number of nitrogens with zero attached hydrogens (tertiary/aromatic N) is 3. The summed E-state index contributed by atoms with van der Waals surface area (Å²) in [6.07, 6.45) is 0. The molecule has 1 aromatic carbocycles. The van der Waals surface area contributed by atoms with Crippen LogP contribution in [0.25, 0.3) is 0 Å². The van der Waals surface area contributed by atoms with Crippen LogP contribution in [0.15, 0.2) is 30.3 Å². The molecular weight excluding hydrogens is 206 g/mol. The standard InChI is InChI=1S/C11H11N3O2/c1-8-10(11(15)16)13-14(12-8)7-9-5-3-2-4-6-9/h2-6H,7H2,1H3,(H,15,16). The fraction of sp³-hybridized carbons (Fsp3) is 0.182. The Balaban J connectivity index is 2.23. The van der Waals surface area contributed by atoms with E-state index in [0.717, 1.165) is 5.56 Å². The Bertz CT molecular complexity index is 505. The number of aromatic carboxylic acids is 1. The molecule has 5 heteroatoms. The van der Waals surface area contributed by atoms with Crippen molar-refractivity contribution in [3.63, 3.8) is 0 Å². The van der Waals surface area contributed by atoms with E-state index >= 15 is 0 Å². The molecule has 0 bridgehead atoms. The van der Waals surface area contributed by atoms with E-state index in [0.29, 0.717) is 12.2 Å². The molecule has 2 aromatic rings. The number of rotatable bonds is 3. The molecule has 0 aliphatic carbocycles. The van der Waals surface area contributed by atoms with Crippen molar-refractivity contribution in [3.05, 3.63) is 47.3 Å². The maximum Gasteiger partial charge on any atom is 0.358 e. The summed E-state index contributed by atoms with van der Waals surface area (Å²) in [6, 6.07) is 9.65. The van der Waals surface area contributed by atoms with Gasteiger partial charge in [-0.05, 0) is 12.5 Å². The van der Waals surface area contributed by atoms with Gasteiger partial charge in [-0.3, -0.25) is 0 Å². The smallest absolute Gasteiger partial charge is 0.358 e. The van der Waals surface area contributed by atoms with Gasteiger partial charge < -0.3 is 5.11 Å². The van der Waals surface area contributed by atoms with E-state index in [1.807, 2.05) is 30.3 Å². The molecule has 0 radical (unpaired) electrons. The number of hydrogen-bond acceptors (Lipinski definition) is 3. The third-order valence-electron chi connectivity index (χ3n) is 2.19. The van der Waals surface area contributed by atoms with Gasteiger partial charge in [-0.2, -0.15) is 9.90 Å². The Morgan fingerprint density at radius 2 is 2.00 bits per heavy atom. The van der Waals surface area contributed by atoms with Crippen molar-refractivity contribution in [1.29, 1.82) is 0 Å². The maximum atomic E-state index is 10.8. The third-order valence-corrected chi connectivity index (χ3v) is 2.19. The number of carbonyl (C=O) groups is 1. The number of aromatic nitrogens is 3. The van der Waals surface area contributed by atoms with Gasteiger partial charge in [0.05, 0.1) is 12.2 Å². The molecule has 0 unspecified atom stereocenters. The van der Waals surface area contributed by atoms with Crippen LogP contribution in [0.4, 0.5) is 0 Å². The van der Waals surface area contributed by atoms with E-state index < -0.39 is 5.97 Å². The molecule has 2 rings (SSSR count). The van der Waals surface area contributed by atoms with E-state index in [4.69, 9.17) is 5.11 Å². The molecule has 16 heavy (non-hydrogen) atoms. The van der Waals surface area contributed by atoms with Gasteiger partial charge in [-0.1, -0.05) is 30.3 Å². The molecule has 0 aliphatic rings. The average molecular weight is 217 g/mol. The Kier molecular flexibility index (Phi) is 2.68.